The van der Waals surface area contributed by atoms with Crippen LogP contribution in [0, 0.1) is 0 Å². The number of carbonyl (C=O) groups excluding carboxylic acids is 2. The number of allylic oxidation sites excluding steroid dienone is 2. The van der Waals surface area contributed by atoms with Gasteiger partial charge in [0.1, 0.15) is 11.5 Å². The van der Waals surface area contributed by atoms with Crippen LogP contribution in [0.4, 0.5) is 4.79 Å². The molecule has 0 radical (unpaired) electrons. The van der Waals surface area contributed by atoms with Crippen LogP contribution >= 0.6 is 11.6 Å². The lowest BCUT2D eigenvalue weighted by Gasteiger charge is -2.23. The van der Waals surface area contributed by atoms with Gasteiger partial charge in [-0.15, -0.1) is 0 Å². The number of halogens is 1. The summed E-state index contributed by atoms with van der Waals surface area (Å²) in [6.45, 7) is 5.54. The van der Waals surface area contributed by atoms with E-state index in [0.29, 0.717) is 27.3 Å². The monoisotopic (exact) mass is 384 g/mol. The second-order valence-corrected chi connectivity index (χ2v) is 7.10. The van der Waals surface area contributed by atoms with E-state index in [2.05, 4.69) is 19.6 Å². The van der Waals surface area contributed by atoms with E-state index in [1.807, 2.05) is 0 Å². The lowest BCUT2D eigenvalue weighted by Crippen LogP contribution is -2.13. The summed E-state index contributed by atoms with van der Waals surface area (Å²) in [6.07, 6.45) is 3.33. The minimum Gasteiger partial charge on any atom is -0.437 e. The molecule has 0 heterocycles. The fraction of sp³-hybridized carbons (Fsp3) is 0.238. The van der Waals surface area contributed by atoms with Crippen LogP contribution in [0.15, 0.2) is 42.5 Å². The fourth-order valence-corrected chi connectivity index (χ4v) is 4.30. The van der Waals surface area contributed by atoms with Gasteiger partial charge in [0.05, 0.1) is 7.11 Å². The van der Waals surface area contributed by atoms with Gasteiger partial charge in [-0.1, -0.05) is 29.8 Å². The van der Waals surface area contributed by atoms with Crippen LogP contribution in [0.25, 0.3) is 10.8 Å². The van der Waals surface area contributed by atoms with E-state index in [0.717, 1.165) is 23.6 Å². The summed E-state index contributed by atoms with van der Waals surface area (Å²) in [4.78, 5) is 23.9. The van der Waals surface area contributed by atoms with Gasteiger partial charge < -0.3 is 14.2 Å². The van der Waals surface area contributed by atoms with Gasteiger partial charge >= 0.3 is 12.1 Å². The molecule has 2 unspecified atom stereocenters. The molecular weight excluding hydrogens is 368 g/mol. The molecule has 6 heteroatoms. The molecule has 2 atom stereocenters. The lowest BCUT2D eigenvalue weighted by atomic mass is 9.87. The zero-order chi connectivity index (χ0) is 19.3. The summed E-state index contributed by atoms with van der Waals surface area (Å²) in [5.41, 5.74) is 2.93. The third-order valence-electron chi connectivity index (χ3n) is 5.19. The van der Waals surface area contributed by atoms with Crippen molar-refractivity contribution in [3.05, 3.63) is 58.7 Å². The van der Waals surface area contributed by atoms with E-state index in [1.165, 1.54) is 12.7 Å². The molecule has 2 aromatic carbocycles. The minimum atomic E-state index is -0.808. The zero-order valence-electron chi connectivity index (χ0n) is 14.9. The summed E-state index contributed by atoms with van der Waals surface area (Å²) in [6, 6.07) is 5.17. The number of methoxy groups -OCH3 is 1. The first kappa shape index (κ1) is 17.6. The van der Waals surface area contributed by atoms with E-state index in [9.17, 15) is 9.59 Å². The van der Waals surface area contributed by atoms with Crippen LogP contribution in [0.1, 0.15) is 36.3 Å². The normalized spacial score (nSPS) is 19.4. The Balaban J connectivity index is 2.06. The van der Waals surface area contributed by atoms with Crippen molar-refractivity contribution in [3.63, 3.8) is 0 Å². The maximum absolute atomic E-state index is 12.0. The molecule has 4 rings (SSSR count). The Labute approximate surface area is 161 Å². The van der Waals surface area contributed by atoms with Gasteiger partial charge in [-0.05, 0) is 31.5 Å². The van der Waals surface area contributed by atoms with Gasteiger partial charge in [0.2, 0.25) is 0 Å². The maximum atomic E-state index is 12.0. The molecule has 2 aliphatic carbocycles. The van der Waals surface area contributed by atoms with Crippen LogP contribution in [-0.2, 0) is 9.53 Å². The van der Waals surface area contributed by atoms with Gasteiger partial charge in [-0.25, -0.2) is 9.59 Å². The summed E-state index contributed by atoms with van der Waals surface area (Å²) in [5, 5.41) is 1.72. The lowest BCUT2D eigenvalue weighted by molar-refractivity contribution is -0.128. The summed E-state index contributed by atoms with van der Waals surface area (Å²) in [5.74, 6) is 0.522. The summed E-state index contributed by atoms with van der Waals surface area (Å²) < 4.78 is 15.9. The number of fused-ring (bicyclic) bond motifs is 6. The standard InChI is InChI=1S/C21H17ClO5/c1-4-16(23)26-19-13-6-5-12(22)9-15(13)20(27-21(24)25-3)17-11-7-10(2)14(8-11)18(17)19/h4-7,9,11,14H,1,8H2,2-3H3. The van der Waals surface area contributed by atoms with Crippen LogP contribution in [0.5, 0.6) is 11.5 Å². The Morgan fingerprint density at radius 3 is 2.63 bits per heavy atom. The van der Waals surface area contributed by atoms with E-state index in [-0.39, 0.29) is 11.8 Å². The highest BCUT2D eigenvalue weighted by Crippen LogP contribution is 2.60. The molecule has 0 saturated heterocycles. The van der Waals surface area contributed by atoms with E-state index >= 15 is 0 Å². The second-order valence-electron chi connectivity index (χ2n) is 6.66. The SMILES string of the molecule is C=CC(=O)Oc1c2c(c(OC(=O)OC)c3cc(Cl)ccc13)C1C=C(C)C2C1. The first-order valence-electron chi connectivity index (χ1n) is 8.52. The van der Waals surface area contributed by atoms with Gasteiger partial charge in [0.15, 0.2) is 0 Å². The van der Waals surface area contributed by atoms with Crippen LogP contribution in [-0.4, -0.2) is 19.2 Å². The Morgan fingerprint density at radius 1 is 1.19 bits per heavy atom. The predicted molar refractivity (Wildman–Crippen MR) is 102 cm³/mol. The van der Waals surface area contributed by atoms with Gasteiger partial charge in [-0.3, -0.25) is 0 Å². The van der Waals surface area contributed by atoms with Crippen molar-refractivity contribution in [1.29, 1.82) is 0 Å². The van der Waals surface area contributed by atoms with Crippen LogP contribution in [0.2, 0.25) is 5.02 Å². The molecular formula is C21H17ClO5. The molecule has 0 aromatic heterocycles. The van der Waals surface area contributed by atoms with E-state index in [4.69, 9.17) is 25.8 Å². The van der Waals surface area contributed by atoms with Crippen molar-refractivity contribution in [1.82, 2.24) is 0 Å². The quantitative estimate of drug-likeness (QED) is 0.237. The molecule has 0 aliphatic heterocycles. The Morgan fingerprint density at radius 2 is 1.93 bits per heavy atom. The van der Waals surface area contributed by atoms with Crippen molar-refractivity contribution in [2.75, 3.05) is 7.11 Å². The molecule has 0 spiro atoms. The minimum absolute atomic E-state index is 0.0780. The predicted octanol–water partition coefficient (Wildman–Crippen LogP) is 5.26. The molecule has 27 heavy (non-hydrogen) atoms. The highest BCUT2D eigenvalue weighted by atomic mass is 35.5. The fourth-order valence-electron chi connectivity index (χ4n) is 4.13. The summed E-state index contributed by atoms with van der Waals surface area (Å²) in [7, 11) is 1.26. The van der Waals surface area contributed by atoms with Gasteiger partial charge in [0, 0.05) is 44.8 Å². The average Bonchev–Trinajstić information content (AvgIpc) is 3.21. The molecule has 5 nitrogen and oxygen atoms in total. The molecule has 2 aromatic rings. The first-order valence-corrected chi connectivity index (χ1v) is 8.89. The maximum Gasteiger partial charge on any atom is 0.513 e. The van der Waals surface area contributed by atoms with Crippen molar-refractivity contribution in [2.45, 2.75) is 25.2 Å². The number of carbonyl (C=O) groups is 2. The highest BCUT2D eigenvalue weighted by molar-refractivity contribution is 6.31. The number of rotatable bonds is 3. The van der Waals surface area contributed by atoms with E-state index < -0.39 is 12.1 Å². The third kappa shape index (κ3) is 2.70. The van der Waals surface area contributed by atoms with Gasteiger partial charge in [0.25, 0.3) is 0 Å². The topological polar surface area (TPSA) is 61.8 Å². The smallest absolute Gasteiger partial charge is 0.437 e. The Bertz CT molecular complexity index is 1040. The zero-order valence-corrected chi connectivity index (χ0v) is 15.6. The Kier molecular flexibility index (Phi) is 4.19. The summed E-state index contributed by atoms with van der Waals surface area (Å²) >= 11 is 6.19. The highest BCUT2D eigenvalue weighted by Gasteiger charge is 2.43. The third-order valence-corrected chi connectivity index (χ3v) is 5.43. The molecule has 0 N–H and O–H groups in total. The van der Waals surface area contributed by atoms with Crippen molar-refractivity contribution in [2.24, 2.45) is 0 Å². The largest absolute Gasteiger partial charge is 0.513 e. The first-order chi connectivity index (χ1) is 12.9. The van der Waals surface area contributed by atoms with Gasteiger partial charge in [-0.2, -0.15) is 0 Å². The Hall–Kier alpha value is -2.79. The molecule has 138 valence electrons. The van der Waals surface area contributed by atoms with Crippen molar-refractivity contribution < 1.29 is 23.8 Å². The molecule has 2 bridgehead atoms. The number of hydrogen-bond donors (Lipinski definition) is 0. The number of ether oxygens (including phenoxy) is 3. The molecule has 0 saturated carbocycles. The van der Waals surface area contributed by atoms with E-state index in [1.54, 1.807) is 18.2 Å². The van der Waals surface area contributed by atoms with Crippen LogP contribution in [0.3, 0.4) is 0 Å². The number of benzene rings is 2. The molecule has 0 amide bonds. The number of hydrogen-bond acceptors (Lipinski definition) is 5. The average molecular weight is 385 g/mol. The van der Waals surface area contributed by atoms with Crippen LogP contribution < -0.4 is 9.47 Å². The molecule has 2 aliphatic rings. The molecule has 0 fully saturated rings. The van der Waals surface area contributed by atoms with Crippen molar-refractivity contribution in [3.8, 4) is 11.5 Å². The second kappa shape index (κ2) is 6.43. The number of esters is 1. The van der Waals surface area contributed by atoms with Crippen molar-refractivity contribution >= 4 is 34.5 Å².